The second-order valence-corrected chi connectivity index (χ2v) is 5.98. The molecule has 1 N–H and O–H groups in total. The highest BCUT2D eigenvalue weighted by Crippen LogP contribution is 2.26. The maximum Gasteiger partial charge on any atom is 0.408 e. The topological polar surface area (TPSA) is 75.7 Å². The number of carbonyl (C=O) groups is 3. The summed E-state index contributed by atoms with van der Waals surface area (Å²) in [4.78, 5) is 36.0. The van der Waals surface area contributed by atoms with E-state index in [-0.39, 0.29) is 12.5 Å². The first-order valence-electron chi connectivity index (χ1n) is 6.41. The van der Waals surface area contributed by atoms with Crippen LogP contribution in [0.3, 0.4) is 0 Å². The summed E-state index contributed by atoms with van der Waals surface area (Å²) in [5.41, 5.74) is -1.34. The summed E-state index contributed by atoms with van der Waals surface area (Å²) in [6, 6.07) is 0. The molecule has 108 valence electrons. The summed E-state index contributed by atoms with van der Waals surface area (Å²) in [5.74, 6) is -0.266. The molecule has 0 spiro atoms. The Kier molecular flexibility index (Phi) is 4.55. The van der Waals surface area contributed by atoms with Crippen molar-refractivity contribution in [3.63, 3.8) is 0 Å². The number of likely N-dealkylation sites (tertiary alicyclic amines) is 1. The molecule has 0 bridgehead atoms. The van der Waals surface area contributed by atoms with Crippen molar-refractivity contribution in [2.45, 2.75) is 51.7 Å². The van der Waals surface area contributed by atoms with Crippen molar-refractivity contribution in [1.29, 1.82) is 0 Å². The Hall–Kier alpha value is -1.59. The molecule has 1 aliphatic heterocycles. The maximum atomic E-state index is 12.0. The second-order valence-electron chi connectivity index (χ2n) is 5.98. The Morgan fingerprint density at radius 3 is 2.58 bits per heavy atom. The van der Waals surface area contributed by atoms with Crippen LogP contribution in [0.2, 0.25) is 0 Å². The molecular weight excluding hydrogens is 248 g/mol. The monoisotopic (exact) mass is 270 g/mol. The third-order valence-electron chi connectivity index (χ3n) is 3.02. The first-order chi connectivity index (χ1) is 8.68. The first-order valence-corrected chi connectivity index (χ1v) is 6.41. The highest BCUT2D eigenvalue weighted by Gasteiger charge is 2.39. The van der Waals surface area contributed by atoms with E-state index in [1.165, 1.54) is 4.90 Å². The fraction of sp³-hybridized carbons (Fsp3) is 0.769. The number of nitrogens with zero attached hydrogens (tertiary/aromatic N) is 1. The Labute approximate surface area is 113 Å². The fourth-order valence-corrected chi connectivity index (χ4v) is 2.07. The molecule has 1 atom stereocenters. The highest BCUT2D eigenvalue weighted by atomic mass is 16.6. The average molecular weight is 270 g/mol. The second kappa shape index (κ2) is 5.59. The Morgan fingerprint density at radius 2 is 2.05 bits per heavy atom. The number of ether oxygens (including phenoxy) is 1. The van der Waals surface area contributed by atoms with Crippen LogP contribution < -0.4 is 5.32 Å². The molecule has 0 aromatic rings. The standard InChI is InChI=1S/C13H22N2O4/c1-12(2,3)19-11(18)14-8-10(17)15-7-5-6-13(15,4)9-16/h9H,5-8H2,1-4H3,(H,14,18)/t13-/m0/s1. The number of amides is 2. The molecule has 0 radical (unpaired) electrons. The van der Waals surface area contributed by atoms with Crippen LogP contribution >= 0.6 is 0 Å². The van der Waals surface area contributed by atoms with Gasteiger partial charge in [0.1, 0.15) is 18.4 Å². The number of aldehydes is 1. The average Bonchev–Trinajstić information content (AvgIpc) is 2.67. The van der Waals surface area contributed by atoms with E-state index in [9.17, 15) is 14.4 Å². The summed E-state index contributed by atoms with van der Waals surface area (Å²) < 4.78 is 5.04. The number of alkyl carbamates (subject to hydrolysis) is 1. The smallest absolute Gasteiger partial charge is 0.408 e. The van der Waals surface area contributed by atoms with Crippen LogP contribution in [0.4, 0.5) is 4.79 Å². The molecule has 2 amide bonds. The number of hydrogen-bond acceptors (Lipinski definition) is 4. The molecule has 1 heterocycles. The van der Waals surface area contributed by atoms with Gasteiger partial charge < -0.3 is 19.7 Å². The third-order valence-corrected chi connectivity index (χ3v) is 3.02. The van der Waals surface area contributed by atoms with Crippen LogP contribution in [-0.4, -0.2) is 47.4 Å². The van der Waals surface area contributed by atoms with E-state index >= 15 is 0 Å². The Bertz CT molecular complexity index is 375. The van der Waals surface area contributed by atoms with E-state index in [4.69, 9.17) is 4.74 Å². The SMILES string of the molecule is CC(C)(C)OC(=O)NCC(=O)N1CCC[C@@]1(C)C=O. The summed E-state index contributed by atoms with van der Waals surface area (Å²) in [5, 5.41) is 2.41. The zero-order valence-corrected chi connectivity index (χ0v) is 12.0. The first kappa shape index (κ1) is 15.5. The summed E-state index contributed by atoms with van der Waals surface area (Å²) in [7, 11) is 0. The van der Waals surface area contributed by atoms with Crippen LogP contribution in [0.15, 0.2) is 0 Å². The van der Waals surface area contributed by atoms with Crippen molar-refractivity contribution in [1.82, 2.24) is 10.2 Å². The van der Waals surface area contributed by atoms with Crippen molar-refractivity contribution in [2.75, 3.05) is 13.1 Å². The minimum atomic E-state index is -0.743. The molecule has 6 heteroatoms. The zero-order chi connectivity index (χ0) is 14.7. The lowest BCUT2D eigenvalue weighted by molar-refractivity contribution is -0.137. The lowest BCUT2D eigenvalue weighted by atomic mass is 10.0. The van der Waals surface area contributed by atoms with Crippen molar-refractivity contribution < 1.29 is 19.1 Å². The van der Waals surface area contributed by atoms with Gasteiger partial charge in [-0.3, -0.25) is 4.79 Å². The summed E-state index contributed by atoms with van der Waals surface area (Å²) in [6.45, 7) is 7.37. The van der Waals surface area contributed by atoms with Gasteiger partial charge in [-0.05, 0) is 40.5 Å². The van der Waals surface area contributed by atoms with Gasteiger partial charge in [-0.25, -0.2) is 4.79 Å². The van der Waals surface area contributed by atoms with E-state index in [1.54, 1.807) is 27.7 Å². The fourth-order valence-electron chi connectivity index (χ4n) is 2.07. The van der Waals surface area contributed by atoms with E-state index in [2.05, 4.69) is 5.32 Å². The Morgan fingerprint density at radius 1 is 1.42 bits per heavy atom. The van der Waals surface area contributed by atoms with Crippen molar-refractivity contribution in [2.24, 2.45) is 0 Å². The third kappa shape index (κ3) is 4.22. The van der Waals surface area contributed by atoms with Crippen LogP contribution in [0.1, 0.15) is 40.5 Å². The number of hydrogen-bond donors (Lipinski definition) is 1. The molecule has 6 nitrogen and oxygen atoms in total. The van der Waals surface area contributed by atoms with Gasteiger partial charge in [0.25, 0.3) is 0 Å². The lowest BCUT2D eigenvalue weighted by Gasteiger charge is -2.30. The maximum absolute atomic E-state index is 12.0. The summed E-state index contributed by atoms with van der Waals surface area (Å²) in [6.07, 6.45) is 1.63. The van der Waals surface area contributed by atoms with Crippen LogP contribution in [0.25, 0.3) is 0 Å². The molecule has 1 saturated heterocycles. The predicted octanol–water partition coefficient (Wildman–Crippen LogP) is 1.09. The van der Waals surface area contributed by atoms with Crippen molar-refractivity contribution in [3.05, 3.63) is 0 Å². The molecule has 1 rings (SSSR count). The van der Waals surface area contributed by atoms with Crippen molar-refractivity contribution >= 4 is 18.3 Å². The molecule has 0 aromatic carbocycles. The molecule has 1 fully saturated rings. The Balaban J connectivity index is 2.48. The normalized spacial score (nSPS) is 23.1. The molecular formula is C13H22N2O4. The van der Waals surface area contributed by atoms with Gasteiger partial charge in [-0.1, -0.05) is 0 Å². The van der Waals surface area contributed by atoms with E-state index in [0.29, 0.717) is 13.0 Å². The van der Waals surface area contributed by atoms with E-state index < -0.39 is 17.2 Å². The molecule has 0 aromatic heterocycles. The molecule has 1 aliphatic rings. The van der Waals surface area contributed by atoms with E-state index in [1.807, 2.05) is 0 Å². The number of rotatable bonds is 3. The van der Waals surface area contributed by atoms with Gasteiger partial charge in [0.05, 0.1) is 5.54 Å². The lowest BCUT2D eigenvalue weighted by Crippen LogP contribution is -2.50. The van der Waals surface area contributed by atoms with Gasteiger partial charge in [-0.15, -0.1) is 0 Å². The minimum absolute atomic E-state index is 0.154. The van der Waals surface area contributed by atoms with Gasteiger partial charge in [0.2, 0.25) is 5.91 Å². The van der Waals surface area contributed by atoms with Gasteiger partial charge >= 0.3 is 6.09 Å². The van der Waals surface area contributed by atoms with Crippen LogP contribution in [-0.2, 0) is 14.3 Å². The van der Waals surface area contributed by atoms with Crippen molar-refractivity contribution in [3.8, 4) is 0 Å². The minimum Gasteiger partial charge on any atom is -0.444 e. The number of carbonyl (C=O) groups excluding carboxylic acids is 3. The predicted molar refractivity (Wildman–Crippen MR) is 69.7 cm³/mol. The van der Waals surface area contributed by atoms with Gasteiger partial charge in [0, 0.05) is 6.54 Å². The molecule has 0 saturated carbocycles. The number of nitrogens with one attached hydrogen (secondary N) is 1. The van der Waals surface area contributed by atoms with Crippen LogP contribution in [0, 0.1) is 0 Å². The zero-order valence-electron chi connectivity index (χ0n) is 12.0. The molecule has 0 unspecified atom stereocenters. The molecule has 19 heavy (non-hydrogen) atoms. The quantitative estimate of drug-likeness (QED) is 0.779. The summed E-state index contributed by atoms with van der Waals surface area (Å²) >= 11 is 0. The highest BCUT2D eigenvalue weighted by molar-refractivity contribution is 5.86. The van der Waals surface area contributed by atoms with Crippen LogP contribution in [0.5, 0.6) is 0 Å². The van der Waals surface area contributed by atoms with E-state index in [0.717, 1.165) is 12.7 Å². The van der Waals surface area contributed by atoms with Gasteiger partial charge in [-0.2, -0.15) is 0 Å². The largest absolute Gasteiger partial charge is 0.444 e. The van der Waals surface area contributed by atoms with Gasteiger partial charge in [0.15, 0.2) is 0 Å². The molecule has 0 aliphatic carbocycles.